The van der Waals surface area contributed by atoms with E-state index in [0.717, 1.165) is 22.3 Å². The Morgan fingerprint density at radius 1 is 1.14 bits per heavy atom. The summed E-state index contributed by atoms with van der Waals surface area (Å²) in [5.41, 5.74) is 5.48. The van der Waals surface area contributed by atoms with E-state index in [0.29, 0.717) is 40.8 Å². The second-order valence-electron chi connectivity index (χ2n) is 10.4. The molecule has 0 aliphatic heterocycles. The standard InChI is InChI=1S/C29H33N5O3/c1-18-10-11-19(14-23(18)28-32-26(33-37-28)20-9-8-12-30-16-20)27(35)31-24-15-22(29(2,3)4)13-21(17-34(5)6)25(24)36-7/h8-16H,17H2,1-7H3,(H,31,35). The molecule has 0 radical (unpaired) electrons. The third-order valence-electron chi connectivity index (χ3n) is 6.05. The molecule has 4 rings (SSSR count). The van der Waals surface area contributed by atoms with Crippen LogP contribution < -0.4 is 10.1 Å². The molecule has 37 heavy (non-hydrogen) atoms. The fourth-order valence-corrected chi connectivity index (χ4v) is 4.05. The SMILES string of the molecule is COc1c(CN(C)C)cc(C(C)(C)C)cc1NC(=O)c1ccc(C)c(-c2nc(-c3cccnc3)no2)c1. The highest BCUT2D eigenvalue weighted by molar-refractivity contribution is 6.06. The maximum absolute atomic E-state index is 13.4. The summed E-state index contributed by atoms with van der Waals surface area (Å²) in [4.78, 5) is 24.2. The van der Waals surface area contributed by atoms with Crippen LogP contribution in [0.5, 0.6) is 5.75 Å². The van der Waals surface area contributed by atoms with Gasteiger partial charge in [-0.1, -0.05) is 38.1 Å². The van der Waals surface area contributed by atoms with Crippen LogP contribution in [0.15, 0.2) is 59.4 Å². The number of methoxy groups -OCH3 is 1. The fraction of sp³-hybridized carbons (Fsp3) is 0.310. The fourth-order valence-electron chi connectivity index (χ4n) is 4.05. The highest BCUT2D eigenvalue weighted by atomic mass is 16.5. The first-order chi connectivity index (χ1) is 17.6. The number of hydrogen-bond donors (Lipinski definition) is 1. The highest BCUT2D eigenvalue weighted by Crippen LogP contribution is 2.36. The predicted octanol–water partition coefficient (Wildman–Crippen LogP) is 5.73. The second-order valence-corrected chi connectivity index (χ2v) is 10.4. The molecule has 0 aliphatic carbocycles. The van der Waals surface area contributed by atoms with Crippen molar-refractivity contribution >= 4 is 11.6 Å². The number of carbonyl (C=O) groups is 1. The van der Waals surface area contributed by atoms with Gasteiger partial charge in [-0.05, 0) is 67.9 Å². The van der Waals surface area contributed by atoms with Crippen molar-refractivity contribution in [1.29, 1.82) is 0 Å². The summed E-state index contributed by atoms with van der Waals surface area (Å²) in [5.74, 6) is 1.18. The van der Waals surface area contributed by atoms with Gasteiger partial charge in [0.05, 0.1) is 12.8 Å². The van der Waals surface area contributed by atoms with E-state index in [1.54, 1.807) is 31.6 Å². The van der Waals surface area contributed by atoms with E-state index < -0.39 is 0 Å². The first-order valence-electron chi connectivity index (χ1n) is 12.1. The van der Waals surface area contributed by atoms with E-state index in [-0.39, 0.29) is 11.3 Å². The summed E-state index contributed by atoms with van der Waals surface area (Å²) >= 11 is 0. The third-order valence-corrected chi connectivity index (χ3v) is 6.05. The van der Waals surface area contributed by atoms with Crippen LogP contribution in [0.2, 0.25) is 0 Å². The topological polar surface area (TPSA) is 93.4 Å². The molecule has 2 heterocycles. The maximum Gasteiger partial charge on any atom is 0.258 e. The molecule has 2 aromatic heterocycles. The van der Waals surface area contributed by atoms with E-state index >= 15 is 0 Å². The Morgan fingerprint density at radius 3 is 2.57 bits per heavy atom. The van der Waals surface area contributed by atoms with Crippen LogP contribution in [0.3, 0.4) is 0 Å². The molecule has 4 aromatic rings. The van der Waals surface area contributed by atoms with Crippen molar-refractivity contribution in [2.45, 2.75) is 39.7 Å². The van der Waals surface area contributed by atoms with E-state index in [9.17, 15) is 4.79 Å². The quantitative estimate of drug-likeness (QED) is 0.347. The molecule has 8 heteroatoms. The minimum atomic E-state index is -0.256. The Labute approximate surface area is 217 Å². The molecular weight excluding hydrogens is 466 g/mol. The molecule has 0 spiro atoms. The first-order valence-corrected chi connectivity index (χ1v) is 12.1. The molecule has 8 nitrogen and oxygen atoms in total. The molecule has 0 fully saturated rings. The van der Waals surface area contributed by atoms with Crippen LogP contribution in [-0.4, -0.2) is 47.1 Å². The average molecular weight is 500 g/mol. The van der Waals surface area contributed by atoms with E-state index in [1.807, 2.05) is 45.3 Å². The molecule has 0 aliphatic rings. The van der Waals surface area contributed by atoms with Crippen molar-refractivity contribution < 1.29 is 14.1 Å². The van der Waals surface area contributed by atoms with Crippen LogP contribution in [0.1, 0.15) is 47.8 Å². The predicted molar refractivity (Wildman–Crippen MR) is 145 cm³/mol. The lowest BCUT2D eigenvalue weighted by molar-refractivity contribution is 0.102. The molecule has 0 unspecified atom stereocenters. The lowest BCUT2D eigenvalue weighted by Gasteiger charge is -2.25. The molecule has 0 saturated carbocycles. The number of pyridine rings is 1. The molecule has 1 amide bonds. The molecule has 1 N–H and O–H groups in total. The number of nitrogens with zero attached hydrogens (tertiary/aromatic N) is 4. The average Bonchev–Trinajstić information content (AvgIpc) is 3.34. The van der Waals surface area contributed by atoms with Crippen molar-refractivity contribution in [3.63, 3.8) is 0 Å². The molecular formula is C29H33N5O3. The number of carbonyl (C=O) groups excluding carboxylic acids is 1. The zero-order valence-corrected chi connectivity index (χ0v) is 22.4. The van der Waals surface area contributed by atoms with Gasteiger partial charge in [0, 0.05) is 41.2 Å². The van der Waals surface area contributed by atoms with Gasteiger partial charge in [-0.3, -0.25) is 9.78 Å². The number of amides is 1. The Balaban J connectivity index is 1.68. The smallest absolute Gasteiger partial charge is 0.258 e. The Bertz CT molecular complexity index is 1410. The summed E-state index contributed by atoms with van der Waals surface area (Å²) in [6.45, 7) is 9.07. The number of ether oxygens (including phenoxy) is 1. The number of hydrogen-bond acceptors (Lipinski definition) is 7. The van der Waals surface area contributed by atoms with E-state index in [1.165, 1.54) is 0 Å². The van der Waals surface area contributed by atoms with Gasteiger partial charge in [0.2, 0.25) is 5.82 Å². The number of anilines is 1. The van der Waals surface area contributed by atoms with Gasteiger partial charge in [0.15, 0.2) is 0 Å². The van der Waals surface area contributed by atoms with Crippen molar-refractivity contribution in [2.24, 2.45) is 0 Å². The minimum absolute atomic E-state index is 0.103. The molecule has 0 bridgehead atoms. The lowest BCUT2D eigenvalue weighted by Crippen LogP contribution is -2.19. The maximum atomic E-state index is 13.4. The van der Waals surface area contributed by atoms with Crippen LogP contribution in [-0.2, 0) is 12.0 Å². The zero-order valence-electron chi connectivity index (χ0n) is 22.4. The van der Waals surface area contributed by atoms with Crippen LogP contribution in [0, 0.1) is 6.92 Å². The molecule has 0 saturated heterocycles. The van der Waals surface area contributed by atoms with Crippen LogP contribution >= 0.6 is 0 Å². The summed E-state index contributed by atoms with van der Waals surface area (Å²) < 4.78 is 11.3. The third kappa shape index (κ3) is 5.86. The van der Waals surface area contributed by atoms with Crippen LogP contribution in [0.25, 0.3) is 22.8 Å². The monoisotopic (exact) mass is 499 g/mol. The van der Waals surface area contributed by atoms with Crippen molar-refractivity contribution in [3.05, 3.63) is 77.1 Å². The molecule has 2 aromatic carbocycles. The number of rotatable bonds is 7. The van der Waals surface area contributed by atoms with Crippen LogP contribution in [0.4, 0.5) is 5.69 Å². The minimum Gasteiger partial charge on any atom is -0.494 e. The van der Waals surface area contributed by atoms with E-state index in [2.05, 4.69) is 52.2 Å². The molecule has 192 valence electrons. The lowest BCUT2D eigenvalue weighted by atomic mass is 9.85. The number of aryl methyl sites for hydroxylation is 1. The van der Waals surface area contributed by atoms with Gasteiger partial charge >= 0.3 is 0 Å². The van der Waals surface area contributed by atoms with Gasteiger partial charge in [0.25, 0.3) is 11.8 Å². The zero-order chi connectivity index (χ0) is 26.7. The van der Waals surface area contributed by atoms with E-state index in [4.69, 9.17) is 9.26 Å². The number of nitrogens with one attached hydrogen (secondary N) is 1. The number of aromatic nitrogens is 3. The Kier molecular flexibility index (Phi) is 7.40. The summed E-state index contributed by atoms with van der Waals surface area (Å²) in [5, 5.41) is 7.16. The summed E-state index contributed by atoms with van der Waals surface area (Å²) in [6, 6.07) is 13.2. The van der Waals surface area contributed by atoms with Gasteiger partial charge in [-0.25, -0.2) is 0 Å². The second kappa shape index (κ2) is 10.5. The number of benzene rings is 2. The Hall–Kier alpha value is -4.04. The highest BCUT2D eigenvalue weighted by Gasteiger charge is 2.22. The van der Waals surface area contributed by atoms with Gasteiger partial charge in [-0.2, -0.15) is 4.98 Å². The normalized spacial score (nSPS) is 11.6. The van der Waals surface area contributed by atoms with Gasteiger partial charge < -0.3 is 19.5 Å². The van der Waals surface area contributed by atoms with Crippen molar-refractivity contribution in [2.75, 3.05) is 26.5 Å². The molecule has 0 atom stereocenters. The summed E-state index contributed by atoms with van der Waals surface area (Å²) in [6.07, 6.45) is 3.36. The van der Waals surface area contributed by atoms with Crippen molar-refractivity contribution in [1.82, 2.24) is 20.0 Å². The first kappa shape index (κ1) is 26.0. The van der Waals surface area contributed by atoms with Gasteiger partial charge in [0.1, 0.15) is 5.75 Å². The van der Waals surface area contributed by atoms with Gasteiger partial charge in [-0.15, -0.1) is 0 Å². The van der Waals surface area contributed by atoms with Crippen molar-refractivity contribution in [3.8, 4) is 28.6 Å². The Morgan fingerprint density at radius 2 is 1.92 bits per heavy atom. The largest absolute Gasteiger partial charge is 0.494 e. The summed E-state index contributed by atoms with van der Waals surface area (Å²) in [7, 11) is 5.64.